The number of aliphatic carboxylic acids is 1. The van der Waals surface area contributed by atoms with Crippen LogP contribution in [-0.4, -0.2) is 22.4 Å². The maximum Gasteiger partial charge on any atom is 0.412 e. The molecule has 1 rings (SSSR count). The van der Waals surface area contributed by atoms with Crippen molar-refractivity contribution >= 4 is 5.97 Å². The Balaban J connectivity index is 3.01. The van der Waals surface area contributed by atoms with Crippen molar-refractivity contribution in [2.24, 2.45) is 0 Å². The highest BCUT2D eigenvalue weighted by Gasteiger charge is 2.36. The molecule has 0 aliphatic heterocycles. The molecule has 6 heteroatoms. The van der Waals surface area contributed by atoms with Crippen LogP contribution < -0.4 is 0 Å². The molecule has 0 aromatic heterocycles. The summed E-state index contributed by atoms with van der Waals surface area (Å²) in [6.07, 6.45) is -4.74. The Morgan fingerprint density at radius 3 is 2.29 bits per heavy atom. The van der Waals surface area contributed by atoms with Gasteiger partial charge in [-0.1, -0.05) is 0 Å². The Morgan fingerprint density at radius 2 is 1.93 bits per heavy atom. The molecule has 78 valence electrons. The molecule has 0 heterocycles. The van der Waals surface area contributed by atoms with E-state index in [0.29, 0.717) is 6.08 Å². The molecule has 2 N–H and O–H groups in total. The summed E-state index contributed by atoms with van der Waals surface area (Å²) < 4.78 is 36.3. The molecule has 14 heavy (non-hydrogen) atoms. The van der Waals surface area contributed by atoms with E-state index in [1.165, 1.54) is 0 Å². The number of carboxylic acids is 1. The highest BCUT2D eigenvalue weighted by Crippen LogP contribution is 2.34. The maximum absolute atomic E-state index is 12.1. The van der Waals surface area contributed by atoms with E-state index in [9.17, 15) is 18.0 Å². The molecule has 0 aromatic carbocycles. The molecular weight excluding hydrogens is 201 g/mol. The van der Waals surface area contributed by atoms with Gasteiger partial charge in [0.25, 0.3) is 0 Å². The van der Waals surface area contributed by atoms with E-state index in [2.05, 4.69) is 0 Å². The van der Waals surface area contributed by atoms with Crippen molar-refractivity contribution in [3.05, 3.63) is 23.0 Å². The van der Waals surface area contributed by atoms with Gasteiger partial charge in [-0.25, -0.2) is 4.79 Å². The Labute approximate surface area is 77.2 Å². The van der Waals surface area contributed by atoms with Gasteiger partial charge in [0, 0.05) is 5.57 Å². The molecule has 0 aromatic rings. The van der Waals surface area contributed by atoms with E-state index in [0.717, 1.165) is 0 Å². The van der Waals surface area contributed by atoms with Crippen molar-refractivity contribution in [3.8, 4) is 0 Å². The number of halogens is 3. The summed E-state index contributed by atoms with van der Waals surface area (Å²) in [5.41, 5.74) is -1.28. The van der Waals surface area contributed by atoms with Gasteiger partial charge in [0.2, 0.25) is 0 Å². The number of alkyl halides is 3. The minimum Gasteiger partial charge on any atom is -0.507 e. The predicted molar refractivity (Wildman–Crippen MR) is 40.7 cm³/mol. The van der Waals surface area contributed by atoms with Crippen LogP contribution >= 0.6 is 0 Å². The third-order valence-electron chi connectivity index (χ3n) is 1.89. The Morgan fingerprint density at radius 1 is 1.36 bits per heavy atom. The molecule has 0 fully saturated rings. The van der Waals surface area contributed by atoms with Crippen LogP contribution in [0.15, 0.2) is 23.0 Å². The van der Waals surface area contributed by atoms with Gasteiger partial charge in [-0.2, -0.15) is 13.2 Å². The second kappa shape index (κ2) is 3.36. The number of carboxylic acid groups (broad SMARTS) is 1. The van der Waals surface area contributed by atoms with Crippen molar-refractivity contribution in [3.63, 3.8) is 0 Å². The summed E-state index contributed by atoms with van der Waals surface area (Å²) in [6, 6.07) is 0. The largest absolute Gasteiger partial charge is 0.507 e. The monoisotopic (exact) mass is 208 g/mol. The molecule has 0 saturated carbocycles. The predicted octanol–water partition coefficient (Wildman–Crippen LogP) is 2.17. The molecule has 0 amide bonds. The van der Waals surface area contributed by atoms with E-state index in [-0.39, 0.29) is 12.0 Å². The smallest absolute Gasteiger partial charge is 0.412 e. The highest BCUT2D eigenvalue weighted by molar-refractivity contribution is 5.88. The lowest BCUT2D eigenvalue weighted by atomic mass is 9.97. The summed E-state index contributed by atoms with van der Waals surface area (Å²) in [5, 5.41) is 17.5. The summed E-state index contributed by atoms with van der Waals surface area (Å²) in [5.74, 6) is -2.20. The number of rotatable bonds is 1. The Kier molecular flexibility index (Phi) is 2.55. The molecule has 0 bridgehead atoms. The lowest BCUT2D eigenvalue weighted by molar-refractivity contribution is -0.133. The first-order valence-corrected chi connectivity index (χ1v) is 3.75. The first-order chi connectivity index (χ1) is 6.32. The van der Waals surface area contributed by atoms with Crippen LogP contribution in [0.25, 0.3) is 0 Å². The first-order valence-electron chi connectivity index (χ1n) is 3.75. The average Bonchev–Trinajstić information content (AvgIpc) is 2.01. The molecule has 1 aliphatic carbocycles. The fraction of sp³-hybridized carbons (Fsp3) is 0.375. The number of hydrogen-bond donors (Lipinski definition) is 2. The van der Waals surface area contributed by atoms with Gasteiger partial charge < -0.3 is 10.2 Å². The fourth-order valence-corrected chi connectivity index (χ4v) is 1.15. The SMILES string of the molecule is O=C(O)C1=C(O)C=C(C(F)(F)F)CC1. The minimum absolute atomic E-state index is 0.299. The summed E-state index contributed by atoms with van der Waals surface area (Å²) in [7, 11) is 0. The van der Waals surface area contributed by atoms with Crippen LogP contribution in [0.1, 0.15) is 12.8 Å². The van der Waals surface area contributed by atoms with E-state index < -0.39 is 29.9 Å². The quantitative estimate of drug-likeness (QED) is 0.694. The normalized spacial score (nSPS) is 18.1. The van der Waals surface area contributed by atoms with Crippen LogP contribution in [0.5, 0.6) is 0 Å². The van der Waals surface area contributed by atoms with Crippen molar-refractivity contribution in [1.82, 2.24) is 0 Å². The van der Waals surface area contributed by atoms with Gasteiger partial charge in [0.15, 0.2) is 0 Å². The zero-order valence-corrected chi connectivity index (χ0v) is 6.93. The zero-order chi connectivity index (χ0) is 10.9. The molecule has 0 spiro atoms. The zero-order valence-electron chi connectivity index (χ0n) is 6.93. The number of allylic oxidation sites excluding steroid dienone is 2. The number of aliphatic hydroxyl groups excluding tert-OH is 1. The molecule has 0 radical (unpaired) electrons. The molecule has 3 nitrogen and oxygen atoms in total. The minimum atomic E-state index is -4.50. The highest BCUT2D eigenvalue weighted by atomic mass is 19.4. The number of hydrogen-bond acceptors (Lipinski definition) is 2. The maximum atomic E-state index is 12.1. The lowest BCUT2D eigenvalue weighted by Crippen LogP contribution is -2.17. The van der Waals surface area contributed by atoms with Gasteiger partial charge in [-0.05, 0) is 18.9 Å². The number of carbonyl (C=O) groups is 1. The molecule has 0 atom stereocenters. The van der Waals surface area contributed by atoms with Gasteiger partial charge in [0.05, 0.1) is 5.57 Å². The first kappa shape index (κ1) is 10.6. The molecule has 0 unspecified atom stereocenters. The van der Waals surface area contributed by atoms with Crippen molar-refractivity contribution in [2.75, 3.05) is 0 Å². The second-order valence-corrected chi connectivity index (χ2v) is 2.84. The molecular formula is C8H7F3O3. The summed E-state index contributed by atoms with van der Waals surface area (Å²) in [4.78, 5) is 10.4. The summed E-state index contributed by atoms with van der Waals surface area (Å²) >= 11 is 0. The number of aliphatic hydroxyl groups is 1. The Bertz CT molecular complexity index is 325. The molecule has 1 aliphatic rings. The summed E-state index contributed by atoms with van der Waals surface area (Å²) in [6.45, 7) is 0. The topological polar surface area (TPSA) is 57.5 Å². The van der Waals surface area contributed by atoms with Crippen molar-refractivity contribution in [2.45, 2.75) is 19.0 Å². The third-order valence-corrected chi connectivity index (χ3v) is 1.89. The van der Waals surface area contributed by atoms with Crippen molar-refractivity contribution in [1.29, 1.82) is 0 Å². The van der Waals surface area contributed by atoms with Crippen LogP contribution in [-0.2, 0) is 4.79 Å². The van der Waals surface area contributed by atoms with Crippen LogP contribution in [0.4, 0.5) is 13.2 Å². The second-order valence-electron chi connectivity index (χ2n) is 2.84. The third kappa shape index (κ3) is 2.07. The van der Waals surface area contributed by atoms with E-state index >= 15 is 0 Å². The van der Waals surface area contributed by atoms with E-state index in [1.54, 1.807) is 0 Å². The van der Waals surface area contributed by atoms with Gasteiger partial charge in [-0.3, -0.25) is 0 Å². The lowest BCUT2D eigenvalue weighted by Gasteiger charge is -2.16. The standard InChI is InChI=1S/C8H7F3O3/c9-8(10,11)4-1-2-5(7(13)14)6(12)3-4/h3,12H,1-2H2,(H,13,14). The van der Waals surface area contributed by atoms with Gasteiger partial charge >= 0.3 is 12.1 Å². The van der Waals surface area contributed by atoms with Crippen LogP contribution in [0, 0.1) is 0 Å². The van der Waals surface area contributed by atoms with E-state index in [4.69, 9.17) is 10.2 Å². The van der Waals surface area contributed by atoms with Gasteiger partial charge in [-0.15, -0.1) is 0 Å². The average molecular weight is 208 g/mol. The van der Waals surface area contributed by atoms with E-state index in [1.807, 2.05) is 0 Å². The van der Waals surface area contributed by atoms with Gasteiger partial charge in [0.1, 0.15) is 5.76 Å². The fourth-order valence-electron chi connectivity index (χ4n) is 1.15. The van der Waals surface area contributed by atoms with Crippen molar-refractivity contribution < 1.29 is 28.2 Å². The van der Waals surface area contributed by atoms with Crippen LogP contribution in [0.2, 0.25) is 0 Å². The Hall–Kier alpha value is -1.46. The molecule has 0 saturated heterocycles. The van der Waals surface area contributed by atoms with Crippen LogP contribution in [0.3, 0.4) is 0 Å².